The summed E-state index contributed by atoms with van der Waals surface area (Å²) in [5, 5.41) is 3.44. The summed E-state index contributed by atoms with van der Waals surface area (Å²) in [6.45, 7) is 8.51. The molecule has 0 spiro atoms. The summed E-state index contributed by atoms with van der Waals surface area (Å²) in [5.74, 6) is 2.07. The minimum Gasteiger partial charge on any atom is -0.342 e. The van der Waals surface area contributed by atoms with Crippen LogP contribution < -0.4 is 5.32 Å². The van der Waals surface area contributed by atoms with Gasteiger partial charge in [-0.05, 0) is 50.6 Å². The Bertz CT molecular complexity index is 261. The van der Waals surface area contributed by atoms with Crippen molar-refractivity contribution in [3.8, 4) is 0 Å². The Morgan fingerprint density at radius 2 is 2.24 bits per heavy atom. The zero-order chi connectivity index (χ0) is 12.3. The van der Waals surface area contributed by atoms with Gasteiger partial charge in [-0.15, -0.1) is 0 Å². The van der Waals surface area contributed by atoms with E-state index in [0.29, 0.717) is 23.7 Å². The van der Waals surface area contributed by atoms with Crippen LogP contribution in [0, 0.1) is 17.8 Å². The van der Waals surface area contributed by atoms with E-state index in [1.54, 1.807) is 0 Å². The van der Waals surface area contributed by atoms with Crippen molar-refractivity contribution in [3.63, 3.8) is 0 Å². The number of carbonyl (C=O) groups excluding carboxylic acids is 1. The van der Waals surface area contributed by atoms with Crippen LogP contribution in [0.3, 0.4) is 0 Å². The van der Waals surface area contributed by atoms with Crippen LogP contribution in [0.5, 0.6) is 0 Å². The summed E-state index contributed by atoms with van der Waals surface area (Å²) in [4.78, 5) is 14.4. The molecule has 3 heteroatoms. The number of hydrogen-bond donors (Lipinski definition) is 1. The van der Waals surface area contributed by atoms with E-state index in [0.717, 1.165) is 39.0 Å². The summed E-state index contributed by atoms with van der Waals surface area (Å²) >= 11 is 0. The molecule has 1 saturated heterocycles. The average molecular weight is 238 g/mol. The predicted molar refractivity (Wildman–Crippen MR) is 69.7 cm³/mol. The van der Waals surface area contributed by atoms with Gasteiger partial charge in [0.05, 0.1) is 0 Å². The first kappa shape index (κ1) is 12.9. The van der Waals surface area contributed by atoms with Crippen molar-refractivity contribution in [1.82, 2.24) is 10.2 Å². The molecular weight excluding hydrogens is 212 g/mol. The van der Waals surface area contributed by atoms with Crippen molar-refractivity contribution >= 4 is 5.91 Å². The SMILES string of the molecule is CCCN(CC1CCCNC1)C(=O)C1CC1C. The van der Waals surface area contributed by atoms with Gasteiger partial charge in [0.25, 0.3) is 0 Å². The van der Waals surface area contributed by atoms with E-state index in [4.69, 9.17) is 0 Å². The van der Waals surface area contributed by atoms with Crippen LogP contribution in [0.2, 0.25) is 0 Å². The fourth-order valence-electron chi connectivity index (χ4n) is 2.85. The molecule has 1 N–H and O–H groups in total. The molecule has 3 nitrogen and oxygen atoms in total. The maximum atomic E-state index is 12.3. The van der Waals surface area contributed by atoms with Gasteiger partial charge in [-0.3, -0.25) is 4.79 Å². The summed E-state index contributed by atoms with van der Waals surface area (Å²) in [7, 11) is 0. The van der Waals surface area contributed by atoms with Gasteiger partial charge in [-0.25, -0.2) is 0 Å². The molecule has 1 amide bonds. The molecule has 3 unspecified atom stereocenters. The molecule has 0 radical (unpaired) electrons. The van der Waals surface area contributed by atoms with E-state index in [9.17, 15) is 4.79 Å². The van der Waals surface area contributed by atoms with Gasteiger partial charge in [0.2, 0.25) is 5.91 Å². The molecule has 17 heavy (non-hydrogen) atoms. The highest BCUT2D eigenvalue weighted by Gasteiger charge is 2.41. The molecule has 2 fully saturated rings. The molecule has 2 rings (SSSR count). The first-order valence-electron chi connectivity index (χ1n) is 7.22. The minimum absolute atomic E-state index is 0.345. The maximum Gasteiger partial charge on any atom is 0.225 e. The second kappa shape index (κ2) is 5.85. The highest BCUT2D eigenvalue weighted by atomic mass is 16.2. The fraction of sp³-hybridized carbons (Fsp3) is 0.929. The summed E-state index contributed by atoms with van der Waals surface area (Å²) in [6.07, 6.45) is 4.73. The molecule has 2 aliphatic rings. The second-order valence-electron chi connectivity index (χ2n) is 5.82. The first-order chi connectivity index (χ1) is 8.22. The van der Waals surface area contributed by atoms with Crippen LogP contribution in [0.25, 0.3) is 0 Å². The zero-order valence-electron chi connectivity index (χ0n) is 11.2. The topological polar surface area (TPSA) is 32.3 Å². The third-order valence-corrected chi connectivity index (χ3v) is 4.11. The lowest BCUT2D eigenvalue weighted by Gasteiger charge is -2.30. The van der Waals surface area contributed by atoms with Crippen molar-refractivity contribution in [1.29, 1.82) is 0 Å². The molecule has 1 aliphatic heterocycles. The molecule has 0 bridgehead atoms. The fourth-order valence-corrected chi connectivity index (χ4v) is 2.85. The Kier molecular flexibility index (Phi) is 4.43. The van der Waals surface area contributed by atoms with Crippen LogP contribution in [0.15, 0.2) is 0 Å². The van der Waals surface area contributed by atoms with Gasteiger partial charge < -0.3 is 10.2 Å². The summed E-state index contributed by atoms with van der Waals surface area (Å²) in [5.41, 5.74) is 0. The van der Waals surface area contributed by atoms with Gasteiger partial charge >= 0.3 is 0 Å². The standard InChI is InChI=1S/C14H26N2O/c1-3-7-16(14(17)13-8-11(13)2)10-12-5-4-6-15-9-12/h11-13,15H,3-10H2,1-2H3. The predicted octanol–water partition coefficient (Wildman–Crippen LogP) is 1.88. The van der Waals surface area contributed by atoms with E-state index < -0.39 is 0 Å². The van der Waals surface area contributed by atoms with Crippen molar-refractivity contribution in [2.45, 2.75) is 39.5 Å². The van der Waals surface area contributed by atoms with Crippen molar-refractivity contribution in [2.24, 2.45) is 17.8 Å². The third-order valence-electron chi connectivity index (χ3n) is 4.11. The Morgan fingerprint density at radius 1 is 1.47 bits per heavy atom. The molecule has 0 aromatic heterocycles. The lowest BCUT2D eigenvalue weighted by Crippen LogP contribution is -2.42. The quantitative estimate of drug-likeness (QED) is 0.793. The number of nitrogens with zero attached hydrogens (tertiary/aromatic N) is 1. The largest absolute Gasteiger partial charge is 0.342 e. The van der Waals surface area contributed by atoms with Crippen molar-refractivity contribution < 1.29 is 4.79 Å². The number of piperidine rings is 1. The summed E-state index contributed by atoms with van der Waals surface area (Å²) < 4.78 is 0. The molecule has 0 aromatic carbocycles. The van der Waals surface area contributed by atoms with E-state index in [-0.39, 0.29) is 0 Å². The van der Waals surface area contributed by atoms with Gasteiger partial charge in [-0.2, -0.15) is 0 Å². The summed E-state index contributed by atoms with van der Waals surface area (Å²) in [6, 6.07) is 0. The van der Waals surface area contributed by atoms with Crippen LogP contribution in [-0.4, -0.2) is 37.0 Å². The third kappa shape index (κ3) is 3.44. The normalized spacial score (nSPS) is 32.2. The van der Waals surface area contributed by atoms with Crippen LogP contribution in [-0.2, 0) is 4.79 Å². The Morgan fingerprint density at radius 3 is 2.76 bits per heavy atom. The Hall–Kier alpha value is -0.570. The van der Waals surface area contributed by atoms with Crippen molar-refractivity contribution in [2.75, 3.05) is 26.2 Å². The van der Waals surface area contributed by atoms with Gasteiger partial charge in [0.15, 0.2) is 0 Å². The highest BCUT2D eigenvalue weighted by molar-refractivity contribution is 5.81. The average Bonchev–Trinajstić information content (AvgIpc) is 3.06. The number of carbonyl (C=O) groups is 1. The lowest BCUT2D eigenvalue weighted by atomic mass is 9.98. The van der Waals surface area contributed by atoms with Gasteiger partial charge in [0.1, 0.15) is 0 Å². The molecular formula is C14H26N2O. The maximum absolute atomic E-state index is 12.3. The minimum atomic E-state index is 0.345. The number of amides is 1. The van der Waals surface area contributed by atoms with E-state index in [2.05, 4.69) is 24.1 Å². The second-order valence-corrected chi connectivity index (χ2v) is 5.82. The highest BCUT2D eigenvalue weighted by Crippen LogP contribution is 2.39. The van der Waals surface area contributed by atoms with Gasteiger partial charge in [0, 0.05) is 19.0 Å². The number of hydrogen-bond acceptors (Lipinski definition) is 2. The van der Waals surface area contributed by atoms with Crippen LogP contribution in [0.4, 0.5) is 0 Å². The Balaban J connectivity index is 1.84. The van der Waals surface area contributed by atoms with Crippen molar-refractivity contribution in [3.05, 3.63) is 0 Å². The molecule has 0 aromatic rings. The molecule has 1 saturated carbocycles. The molecule has 98 valence electrons. The van der Waals surface area contributed by atoms with E-state index in [1.165, 1.54) is 12.8 Å². The molecule has 3 atom stereocenters. The monoisotopic (exact) mass is 238 g/mol. The van der Waals surface area contributed by atoms with Gasteiger partial charge in [-0.1, -0.05) is 13.8 Å². The number of nitrogens with one attached hydrogen (secondary N) is 1. The lowest BCUT2D eigenvalue weighted by molar-refractivity contribution is -0.133. The smallest absolute Gasteiger partial charge is 0.225 e. The molecule has 1 aliphatic carbocycles. The first-order valence-corrected chi connectivity index (χ1v) is 7.22. The molecule has 1 heterocycles. The zero-order valence-corrected chi connectivity index (χ0v) is 11.2. The van der Waals surface area contributed by atoms with Crippen LogP contribution >= 0.6 is 0 Å². The van der Waals surface area contributed by atoms with Crippen LogP contribution in [0.1, 0.15) is 39.5 Å². The number of rotatable bonds is 5. The van der Waals surface area contributed by atoms with E-state index >= 15 is 0 Å². The van der Waals surface area contributed by atoms with E-state index in [1.807, 2.05) is 0 Å². The Labute approximate surface area is 105 Å².